The van der Waals surface area contributed by atoms with Gasteiger partial charge in [-0.15, -0.1) is 21.5 Å². The lowest BCUT2D eigenvalue weighted by molar-refractivity contribution is -0.113. The number of aryl methyl sites for hydroxylation is 1. The molecule has 0 bridgehead atoms. The standard InChI is InChI=1S/C22H24N6O2S2/c1-28-19(12-24-14-7-9-15(30-2)10-8-14)26-27-22(28)31-13-20(29)25-21-17(11-23)16-5-3-4-6-18(16)32-21/h7-10,24H,3-6,12-13H2,1-2H3,(H,25,29). The minimum absolute atomic E-state index is 0.147. The zero-order valence-corrected chi connectivity index (χ0v) is 19.6. The molecule has 0 saturated heterocycles. The molecule has 1 amide bonds. The van der Waals surface area contributed by atoms with E-state index in [2.05, 4.69) is 26.9 Å². The van der Waals surface area contributed by atoms with Crippen molar-refractivity contribution >= 4 is 39.7 Å². The Morgan fingerprint density at radius 1 is 1.28 bits per heavy atom. The van der Waals surface area contributed by atoms with Crippen molar-refractivity contribution in [2.45, 2.75) is 37.4 Å². The van der Waals surface area contributed by atoms with Crippen LogP contribution in [0.1, 0.15) is 34.7 Å². The maximum Gasteiger partial charge on any atom is 0.235 e. The normalized spacial score (nSPS) is 12.7. The predicted octanol–water partition coefficient (Wildman–Crippen LogP) is 3.98. The number of thiophene rings is 1. The van der Waals surface area contributed by atoms with Crippen molar-refractivity contribution in [1.29, 1.82) is 5.26 Å². The van der Waals surface area contributed by atoms with E-state index < -0.39 is 0 Å². The number of thioether (sulfide) groups is 1. The summed E-state index contributed by atoms with van der Waals surface area (Å²) >= 11 is 2.86. The fourth-order valence-corrected chi connectivity index (χ4v) is 5.57. The number of methoxy groups -OCH3 is 1. The third kappa shape index (κ3) is 4.89. The van der Waals surface area contributed by atoms with Crippen LogP contribution in [0.4, 0.5) is 10.7 Å². The van der Waals surface area contributed by atoms with Gasteiger partial charge in [0.25, 0.3) is 0 Å². The highest BCUT2D eigenvalue weighted by atomic mass is 32.2. The van der Waals surface area contributed by atoms with Crippen LogP contribution in [-0.4, -0.2) is 33.5 Å². The highest BCUT2D eigenvalue weighted by Gasteiger charge is 2.22. The van der Waals surface area contributed by atoms with Gasteiger partial charge >= 0.3 is 0 Å². The quantitative estimate of drug-likeness (QED) is 0.482. The summed E-state index contributed by atoms with van der Waals surface area (Å²) in [7, 11) is 3.52. The molecule has 0 radical (unpaired) electrons. The number of ether oxygens (including phenoxy) is 1. The van der Waals surface area contributed by atoms with Gasteiger partial charge in [0.05, 0.1) is 25.0 Å². The van der Waals surface area contributed by atoms with Crippen LogP contribution in [0.15, 0.2) is 29.4 Å². The molecule has 0 saturated carbocycles. The number of carbonyl (C=O) groups is 1. The molecule has 3 aromatic rings. The average Bonchev–Trinajstić information content (AvgIpc) is 3.35. The molecular weight excluding hydrogens is 444 g/mol. The van der Waals surface area contributed by atoms with Gasteiger partial charge in [0.1, 0.15) is 16.8 Å². The van der Waals surface area contributed by atoms with Crippen molar-refractivity contribution in [1.82, 2.24) is 14.8 Å². The second-order valence-corrected chi connectivity index (χ2v) is 9.45. The van der Waals surface area contributed by atoms with Crippen LogP contribution in [0.2, 0.25) is 0 Å². The number of nitrogens with zero attached hydrogens (tertiary/aromatic N) is 4. The number of aromatic nitrogens is 3. The third-order valence-corrected chi connectivity index (χ3v) is 7.56. The average molecular weight is 469 g/mol. The van der Waals surface area contributed by atoms with Crippen LogP contribution < -0.4 is 15.4 Å². The maximum absolute atomic E-state index is 12.5. The molecule has 1 aromatic carbocycles. The lowest BCUT2D eigenvalue weighted by atomic mass is 9.96. The van der Waals surface area contributed by atoms with Gasteiger partial charge in [-0.3, -0.25) is 4.79 Å². The Morgan fingerprint density at radius 3 is 2.81 bits per heavy atom. The number of fused-ring (bicyclic) bond motifs is 1. The Balaban J connectivity index is 1.32. The first kappa shape index (κ1) is 22.2. The van der Waals surface area contributed by atoms with Crippen LogP contribution >= 0.6 is 23.1 Å². The van der Waals surface area contributed by atoms with Crippen LogP contribution in [0.25, 0.3) is 0 Å². The van der Waals surface area contributed by atoms with Gasteiger partial charge in [0.15, 0.2) is 11.0 Å². The number of hydrogen-bond acceptors (Lipinski definition) is 8. The number of amides is 1. The molecule has 1 aliphatic carbocycles. The molecule has 0 atom stereocenters. The lowest BCUT2D eigenvalue weighted by Crippen LogP contribution is -2.14. The summed E-state index contributed by atoms with van der Waals surface area (Å²) in [6.45, 7) is 0.509. The molecule has 166 valence electrons. The smallest absolute Gasteiger partial charge is 0.235 e. The number of nitrogens with one attached hydrogen (secondary N) is 2. The summed E-state index contributed by atoms with van der Waals surface area (Å²) in [6, 6.07) is 9.93. The van der Waals surface area contributed by atoms with Gasteiger partial charge in [-0.05, 0) is 55.5 Å². The fraction of sp³-hybridized carbons (Fsp3) is 0.364. The fourth-order valence-electron chi connectivity index (χ4n) is 3.58. The summed E-state index contributed by atoms with van der Waals surface area (Å²) < 4.78 is 7.04. The Labute approximate surface area is 195 Å². The summed E-state index contributed by atoms with van der Waals surface area (Å²) in [5.74, 6) is 1.62. The molecule has 10 heteroatoms. The molecule has 0 fully saturated rings. The molecule has 4 rings (SSSR count). The van der Waals surface area contributed by atoms with E-state index in [9.17, 15) is 10.1 Å². The van der Waals surface area contributed by atoms with Crippen LogP contribution in [0, 0.1) is 11.3 Å². The number of hydrogen-bond donors (Lipinski definition) is 2. The summed E-state index contributed by atoms with van der Waals surface area (Å²) in [6.07, 6.45) is 4.16. The van der Waals surface area contributed by atoms with Gasteiger partial charge in [-0.25, -0.2) is 0 Å². The monoisotopic (exact) mass is 468 g/mol. The van der Waals surface area contributed by atoms with E-state index in [1.54, 1.807) is 7.11 Å². The summed E-state index contributed by atoms with van der Waals surface area (Å²) in [5.41, 5.74) is 2.71. The van der Waals surface area contributed by atoms with Crippen LogP contribution in [0.3, 0.4) is 0 Å². The van der Waals surface area contributed by atoms with Crippen molar-refractivity contribution in [3.05, 3.63) is 46.1 Å². The summed E-state index contributed by atoms with van der Waals surface area (Å²) in [4.78, 5) is 13.8. The first-order chi connectivity index (χ1) is 15.6. The molecule has 0 unspecified atom stereocenters. The van der Waals surface area contributed by atoms with E-state index in [1.807, 2.05) is 35.9 Å². The predicted molar refractivity (Wildman–Crippen MR) is 126 cm³/mol. The van der Waals surface area contributed by atoms with Crippen molar-refractivity contribution in [2.75, 3.05) is 23.5 Å². The molecule has 8 nitrogen and oxygen atoms in total. The SMILES string of the molecule is COc1ccc(NCc2nnc(SCC(=O)Nc3sc4c(c3C#N)CCCC4)n2C)cc1. The Hall–Kier alpha value is -3.03. The van der Waals surface area contributed by atoms with Gasteiger partial charge in [-0.2, -0.15) is 5.26 Å². The van der Waals surface area contributed by atoms with Crippen LogP contribution in [-0.2, 0) is 31.2 Å². The Morgan fingerprint density at radius 2 is 2.06 bits per heavy atom. The van der Waals surface area contributed by atoms with Gasteiger partial charge in [0.2, 0.25) is 5.91 Å². The Kier molecular flexibility index (Phi) is 6.97. The van der Waals surface area contributed by atoms with Crippen molar-refractivity contribution in [3.63, 3.8) is 0 Å². The minimum Gasteiger partial charge on any atom is -0.497 e. The van der Waals surface area contributed by atoms with Gasteiger partial charge in [-0.1, -0.05) is 11.8 Å². The number of benzene rings is 1. The highest BCUT2D eigenvalue weighted by molar-refractivity contribution is 7.99. The number of carbonyl (C=O) groups excluding carboxylic acids is 1. The molecular formula is C22H24N6O2S2. The lowest BCUT2D eigenvalue weighted by Gasteiger charge is -2.09. The van der Waals surface area contributed by atoms with Crippen molar-refractivity contribution < 1.29 is 9.53 Å². The highest BCUT2D eigenvalue weighted by Crippen LogP contribution is 2.37. The van der Waals surface area contributed by atoms with E-state index in [1.165, 1.54) is 28.0 Å². The number of nitriles is 1. The van der Waals surface area contributed by atoms with E-state index in [4.69, 9.17) is 4.74 Å². The van der Waals surface area contributed by atoms with Crippen LogP contribution in [0.5, 0.6) is 5.75 Å². The number of rotatable bonds is 8. The second kappa shape index (κ2) is 10.1. The maximum atomic E-state index is 12.5. The first-order valence-electron chi connectivity index (χ1n) is 10.3. The summed E-state index contributed by atoms with van der Waals surface area (Å²) in [5, 5.41) is 25.6. The minimum atomic E-state index is -0.147. The second-order valence-electron chi connectivity index (χ2n) is 7.40. The van der Waals surface area contributed by atoms with Gasteiger partial charge in [0, 0.05) is 17.6 Å². The van der Waals surface area contributed by atoms with Gasteiger partial charge < -0.3 is 19.9 Å². The largest absolute Gasteiger partial charge is 0.497 e. The molecule has 0 aliphatic heterocycles. The Bertz CT molecular complexity index is 1150. The van der Waals surface area contributed by atoms with E-state index >= 15 is 0 Å². The van der Waals surface area contributed by atoms with E-state index in [-0.39, 0.29) is 11.7 Å². The number of anilines is 2. The zero-order chi connectivity index (χ0) is 22.5. The molecule has 0 spiro atoms. The molecule has 2 N–H and O–H groups in total. The molecule has 1 aliphatic rings. The molecule has 32 heavy (non-hydrogen) atoms. The van der Waals surface area contributed by atoms with E-state index in [0.29, 0.717) is 22.3 Å². The first-order valence-corrected chi connectivity index (χ1v) is 12.1. The van der Waals surface area contributed by atoms with Crippen molar-refractivity contribution in [3.8, 4) is 11.8 Å². The van der Waals surface area contributed by atoms with Crippen molar-refractivity contribution in [2.24, 2.45) is 7.05 Å². The van der Waals surface area contributed by atoms with E-state index in [0.717, 1.165) is 48.5 Å². The third-order valence-electron chi connectivity index (χ3n) is 5.33. The molecule has 2 aromatic heterocycles. The zero-order valence-electron chi connectivity index (χ0n) is 18.0. The molecule has 2 heterocycles. The topological polar surface area (TPSA) is 105 Å².